The molecule has 0 saturated heterocycles. The van der Waals surface area contributed by atoms with Crippen molar-refractivity contribution in [2.45, 2.75) is 63.9 Å². The number of nitrogens with zero attached hydrogens (tertiary/aromatic N) is 1. The summed E-state index contributed by atoms with van der Waals surface area (Å²) in [4.78, 5) is 12.7. The minimum atomic E-state index is -4.28. The molecule has 0 spiro atoms. The Labute approximate surface area is 186 Å². The molecule has 168 valence electrons. The van der Waals surface area contributed by atoms with Crippen molar-refractivity contribution in [1.82, 2.24) is 4.72 Å². The maximum absolute atomic E-state index is 12.8. The number of halogens is 1. The van der Waals surface area contributed by atoms with Crippen LogP contribution in [0.5, 0.6) is 0 Å². The molecule has 0 bridgehead atoms. The van der Waals surface area contributed by atoms with Crippen LogP contribution >= 0.6 is 11.6 Å². The zero-order chi connectivity index (χ0) is 22.9. The van der Waals surface area contributed by atoms with E-state index in [1.54, 1.807) is 6.07 Å². The van der Waals surface area contributed by atoms with Crippen LogP contribution in [0.2, 0.25) is 5.02 Å². The summed E-state index contributed by atoms with van der Waals surface area (Å²) in [6, 6.07) is 3.95. The molecule has 8 nitrogen and oxygen atoms in total. The van der Waals surface area contributed by atoms with E-state index in [9.17, 15) is 13.2 Å². The molecule has 10 heteroatoms. The monoisotopic (exact) mass is 467 g/mol. The number of carbonyl (C=O) groups excluding carboxylic acids is 1. The van der Waals surface area contributed by atoms with Gasteiger partial charge < -0.3 is 14.9 Å². The summed E-state index contributed by atoms with van der Waals surface area (Å²) in [7, 11) is -4.28. The summed E-state index contributed by atoms with van der Waals surface area (Å²) in [5, 5.41) is 15.1. The minimum absolute atomic E-state index is 0.00564. The molecule has 3 rings (SSSR count). The number of benzene rings is 1. The normalized spacial score (nSPS) is 15.4. The lowest BCUT2D eigenvalue weighted by Crippen LogP contribution is -2.35. The highest BCUT2D eigenvalue weighted by Crippen LogP contribution is 2.37. The number of fused-ring (bicyclic) bond motifs is 1. The number of rotatable bonds is 5. The average Bonchev–Trinajstić information content (AvgIpc) is 3.12. The van der Waals surface area contributed by atoms with Gasteiger partial charge in [0.25, 0.3) is 10.0 Å². The molecule has 0 unspecified atom stereocenters. The Morgan fingerprint density at radius 1 is 1.19 bits per heavy atom. The number of amides is 2. The minimum Gasteiger partial charge on any atom is -0.447 e. The molecule has 1 aromatic heterocycles. The van der Waals surface area contributed by atoms with Crippen LogP contribution in [0.1, 0.15) is 74.8 Å². The summed E-state index contributed by atoms with van der Waals surface area (Å²) in [6.07, 6.45) is 1.72. The highest BCUT2D eigenvalue weighted by atomic mass is 35.5. The Morgan fingerprint density at radius 2 is 1.90 bits per heavy atom. The number of urea groups is 1. The number of hydrogen-bond donors (Lipinski definition) is 3. The molecule has 1 heterocycles. The second-order valence-corrected chi connectivity index (χ2v) is 10.1. The zero-order valence-corrected chi connectivity index (χ0v) is 19.4. The fourth-order valence-electron chi connectivity index (χ4n) is 3.73. The smallest absolute Gasteiger partial charge is 0.333 e. The molecule has 3 N–H and O–H groups in total. The predicted molar refractivity (Wildman–Crippen MR) is 119 cm³/mol. The van der Waals surface area contributed by atoms with Gasteiger partial charge in [0.15, 0.2) is 0 Å². The lowest BCUT2D eigenvalue weighted by Gasteiger charge is -2.21. The van der Waals surface area contributed by atoms with Crippen LogP contribution in [-0.2, 0) is 16.4 Å². The van der Waals surface area contributed by atoms with Crippen LogP contribution in [0.3, 0.4) is 0 Å². The molecule has 0 aliphatic heterocycles. The molecular formula is C21H26ClN3O5S. The summed E-state index contributed by atoms with van der Waals surface area (Å²) in [5.41, 5.74) is 2.88. The van der Waals surface area contributed by atoms with Crippen molar-refractivity contribution >= 4 is 39.1 Å². The van der Waals surface area contributed by atoms with E-state index in [0.717, 1.165) is 11.1 Å². The number of aryl methyl sites for hydroxylation is 1. The highest BCUT2D eigenvalue weighted by Gasteiger charge is 2.29. The Kier molecular flexibility index (Phi) is 6.66. The van der Waals surface area contributed by atoms with Crippen molar-refractivity contribution in [3.8, 4) is 0 Å². The first kappa shape index (κ1) is 23.1. The van der Waals surface area contributed by atoms with Gasteiger partial charge in [-0.3, -0.25) is 0 Å². The average molecular weight is 468 g/mol. The van der Waals surface area contributed by atoms with E-state index in [1.807, 2.05) is 38.5 Å². The lowest BCUT2D eigenvalue weighted by molar-refractivity contribution is 0.256. The number of sulfonamides is 1. The fourth-order valence-corrected chi connectivity index (χ4v) is 4.98. The number of furan rings is 1. The molecular weight excluding hydrogens is 442 g/mol. The van der Waals surface area contributed by atoms with E-state index in [4.69, 9.17) is 21.2 Å². The third-order valence-corrected chi connectivity index (χ3v) is 6.70. The standard InChI is InChI=1S/C21H26ClN3O5S/c1-11(2)13-8-9-15(22)19(12(3)4)20(13)23-21(26)25-31(28,29)18-10-14-16(24-27)6-5-7-17(14)30-18/h8-12,27H,5-7H2,1-4H3,(H2,23,25,26)/b24-16+. The molecule has 31 heavy (non-hydrogen) atoms. The van der Waals surface area contributed by atoms with E-state index in [-0.39, 0.29) is 11.8 Å². The molecule has 2 amide bonds. The van der Waals surface area contributed by atoms with Crippen molar-refractivity contribution in [3.63, 3.8) is 0 Å². The van der Waals surface area contributed by atoms with Crippen molar-refractivity contribution < 1.29 is 22.8 Å². The van der Waals surface area contributed by atoms with Gasteiger partial charge in [0, 0.05) is 23.1 Å². The Morgan fingerprint density at radius 3 is 2.52 bits per heavy atom. The Bertz CT molecular complexity index is 1140. The van der Waals surface area contributed by atoms with Gasteiger partial charge in [0.1, 0.15) is 5.76 Å². The Balaban J connectivity index is 1.89. The van der Waals surface area contributed by atoms with Crippen molar-refractivity contribution in [2.24, 2.45) is 5.16 Å². The largest absolute Gasteiger partial charge is 0.447 e. The van der Waals surface area contributed by atoms with Crippen LogP contribution in [-0.4, -0.2) is 25.4 Å². The van der Waals surface area contributed by atoms with Crippen molar-refractivity contribution in [3.05, 3.63) is 45.7 Å². The van der Waals surface area contributed by atoms with E-state index in [0.29, 0.717) is 47.0 Å². The van der Waals surface area contributed by atoms with Crippen LogP contribution in [0, 0.1) is 0 Å². The van der Waals surface area contributed by atoms with Crippen LogP contribution < -0.4 is 10.0 Å². The van der Waals surface area contributed by atoms with Gasteiger partial charge in [0.2, 0.25) is 5.09 Å². The molecule has 0 radical (unpaired) electrons. The maximum Gasteiger partial charge on any atom is 0.333 e. The van der Waals surface area contributed by atoms with E-state index >= 15 is 0 Å². The SMILES string of the molecule is CC(C)c1ccc(Cl)c(C(C)C)c1NC(=O)NS(=O)(=O)c1cc2c(o1)CCC/C2=N\O. The quantitative estimate of drug-likeness (QED) is 0.412. The van der Waals surface area contributed by atoms with Crippen LogP contribution in [0.15, 0.2) is 32.9 Å². The third kappa shape index (κ3) is 4.72. The van der Waals surface area contributed by atoms with Gasteiger partial charge in [0.05, 0.1) is 11.4 Å². The molecule has 1 aliphatic carbocycles. The lowest BCUT2D eigenvalue weighted by atomic mass is 9.92. The van der Waals surface area contributed by atoms with Crippen molar-refractivity contribution in [1.29, 1.82) is 0 Å². The summed E-state index contributed by atoms with van der Waals surface area (Å²) >= 11 is 6.36. The highest BCUT2D eigenvalue weighted by molar-refractivity contribution is 7.89. The first-order chi connectivity index (χ1) is 14.5. The Hall–Kier alpha value is -2.52. The second-order valence-electron chi connectivity index (χ2n) is 8.10. The number of hydrogen-bond acceptors (Lipinski definition) is 6. The topological polar surface area (TPSA) is 121 Å². The fraction of sp³-hybridized carbons (Fsp3) is 0.429. The van der Waals surface area contributed by atoms with Crippen LogP contribution in [0.4, 0.5) is 10.5 Å². The predicted octanol–water partition coefficient (Wildman–Crippen LogP) is 5.20. The van der Waals surface area contributed by atoms with Gasteiger partial charge >= 0.3 is 6.03 Å². The van der Waals surface area contributed by atoms with Gasteiger partial charge in [-0.25, -0.2) is 9.52 Å². The van der Waals surface area contributed by atoms with Gasteiger partial charge in [-0.05, 0) is 41.9 Å². The number of nitrogens with one attached hydrogen (secondary N) is 2. The maximum atomic E-state index is 12.8. The summed E-state index contributed by atoms with van der Waals surface area (Å²) in [6.45, 7) is 7.83. The van der Waals surface area contributed by atoms with Crippen LogP contribution in [0.25, 0.3) is 0 Å². The molecule has 0 atom stereocenters. The van der Waals surface area contributed by atoms with Gasteiger partial charge in [-0.1, -0.05) is 50.5 Å². The van der Waals surface area contributed by atoms with Crippen molar-refractivity contribution in [2.75, 3.05) is 5.32 Å². The first-order valence-electron chi connectivity index (χ1n) is 10.0. The van der Waals surface area contributed by atoms with E-state index in [1.165, 1.54) is 6.07 Å². The zero-order valence-electron chi connectivity index (χ0n) is 17.8. The number of carbonyl (C=O) groups is 1. The molecule has 1 aromatic carbocycles. The molecule has 0 saturated carbocycles. The second kappa shape index (κ2) is 8.92. The first-order valence-corrected chi connectivity index (χ1v) is 11.9. The molecule has 2 aromatic rings. The van der Waals surface area contributed by atoms with Gasteiger partial charge in [-0.15, -0.1) is 0 Å². The summed E-state index contributed by atoms with van der Waals surface area (Å²) in [5.74, 6) is 0.500. The molecule has 0 fully saturated rings. The molecule has 1 aliphatic rings. The van der Waals surface area contributed by atoms with E-state index in [2.05, 4.69) is 10.5 Å². The summed E-state index contributed by atoms with van der Waals surface area (Å²) < 4.78 is 33.0. The third-order valence-electron chi connectivity index (χ3n) is 5.19. The van der Waals surface area contributed by atoms with E-state index < -0.39 is 21.1 Å². The van der Waals surface area contributed by atoms with Gasteiger partial charge in [-0.2, -0.15) is 8.42 Å². The number of oxime groups is 1. The number of anilines is 1.